The molecule has 0 radical (unpaired) electrons. The quantitative estimate of drug-likeness (QED) is 0.0269. The Hall–Kier alpha value is -2.63. The minimum absolute atomic E-state index is 0.126. The smallest absolute Gasteiger partial charge is 0.306 e. The molecule has 1 saturated heterocycles. The summed E-state index contributed by atoms with van der Waals surface area (Å²) in [4.78, 5) is 12.8. The van der Waals surface area contributed by atoms with Gasteiger partial charge in [0, 0.05) is 13.0 Å². The minimum Gasteiger partial charge on any atom is -0.457 e. The molecule has 0 aliphatic carbocycles. The van der Waals surface area contributed by atoms with Gasteiger partial charge in [-0.15, -0.1) is 0 Å². The lowest BCUT2D eigenvalue weighted by Crippen LogP contribution is -2.59. The summed E-state index contributed by atoms with van der Waals surface area (Å²) >= 11 is 0. The lowest BCUT2D eigenvalue weighted by Gasteiger charge is -2.39. The molecule has 9 nitrogen and oxygen atoms in total. The maximum Gasteiger partial charge on any atom is 0.306 e. The third-order valence-corrected chi connectivity index (χ3v) is 10.8. The molecule has 9 heteroatoms. The Morgan fingerprint density at radius 2 is 0.984 bits per heavy atom. The van der Waals surface area contributed by atoms with E-state index in [-0.39, 0.29) is 19.2 Å². The van der Waals surface area contributed by atoms with E-state index in [0.29, 0.717) is 13.0 Å². The lowest BCUT2D eigenvalue weighted by atomic mass is 9.99. The highest BCUT2D eigenvalue weighted by Gasteiger charge is 2.44. The number of carbonyl (C=O) groups excluding carboxylic acids is 1. The van der Waals surface area contributed by atoms with Gasteiger partial charge in [0.1, 0.15) is 30.5 Å². The maximum absolute atomic E-state index is 12.8. The normalized spacial score (nSPS) is 20.5. The Morgan fingerprint density at radius 1 is 0.532 bits per heavy atom. The van der Waals surface area contributed by atoms with Crippen LogP contribution in [0.25, 0.3) is 0 Å². The number of aliphatic hydroxyl groups is 4. The van der Waals surface area contributed by atoms with Crippen LogP contribution in [0.2, 0.25) is 0 Å². The van der Waals surface area contributed by atoms with Crippen LogP contribution in [-0.4, -0.2) is 89.6 Å². The van der Waals surface area contributed by atoms with Gasteiger partial charge in [-0.3, -0.25) is 4.79 Å². The first kappa shape index (κ1) is 57.4. The first-order valence-corrected chi connectivity index (χ1v) is 24.7. The second kappa shape index (κ2) is 43.6. The van der Waals surface area contributed by atoms with Crippen molar-refractivity contribution < 1.29 is 44.2 Å². The monoisotopic (exact) mass is 871 g/mol. The molecular weight excluding hydrogens is 781 g/mol. The molecule has 0 amide bonds. The summed E-state index contributed by atoms with van der Waals surface area (Å²) in [6.45, 7) is 4.37. The van der Waals surface area contributed by atoms with Crippen molar-refractivity contribution in [2.45, 2.75) is 218 Å². The molecule has 6 unspecified atom stereocenters. The summed E-state index contributed by atoms with van der Waals surface area (Å²) in [5.41, 5.74) is 0. The predicted octanol–water partition coefficient (Wildman–Crippen LogP) is 11.8. The molecule has 62 heavy (non-hydrogen) atoms. The van der Waals surface area contributed by atoms with E-state index in [0.717, 1.165) is 96.3 Å². The number of esters is 1. The van der Waals surface area contributed by atoms with Crippen LogP contribution in [0.1, 0.15) is 181 Å². The van der Waals surface area contributed by atoms with Crippen molar-refractivity contribution in [1.82, 2.24) is 0 Å². The van der Waals surface area contributed by atoms with Gasteiger partial charge in [-0.05, 0) is 89.9 Å². The minimum atomic E-state index is -1.55. The number of rotatable bonds is 41. The van der Waals surface area contributed by atoms with Crippen molar-refractivity contribution in [3.63, 3.8) is 0 Å². The number of ether oxygens (including phenoxy) is 4. The average Bonchev–Trinajstić information content (AvgIpc) is 3.27. The number of carbonyl (C=O) groups is 1. The SMILES string of the molecule is CC/C=C\C/C=C\C/C=C\C/C=C\C/C=C\CCCCCCCCOCC(COC1OC(CO)C(O)C(O)C1O)OC(=O)CCCCCCCCC/C=C\C/C=C\CCCCC. The highest BCUT2D eigenvalue weighted by atomic mass is 16.7. The molecule has 1 aliphatic rings. The lowest BCUT2D eigenvalue weighted by molar-refractivity contribution is -0.305. The van der Waals surface area contributed by atoms with Crippen LogP contribution in [0, 0.1) is 0 Å². The van der Waals surface area contributed by atoms with Crippen LogP contribution in [0.15, 0.2) is 85.1 Å². The fraction of sp³-hybridized carbons (Fsp3) is 0.717. The van der Waals surface area contributed by atoms with Crippen LogP contribution < -0.4 is 0 Å². The molecule has 356 valence electrons. The van der Waals surface area contributed by atoms with E-state index >= 15 is 0 Å². The van der Waals surface area contributed by atoms with Gasteiger partial charge < -0.3 is 39.4 Å². The highest BCUT2D eigenvalue weighted by molar-refractivity contribution is 5.69. The molecule has 0 aromatic carbocycles. The van der Waals surface area contributed by atoms with Crippen molar-refractivity contribution >= 4 is 5.97 Å². The summed E-state index contributed by atoms with van der Waals surface area (Å²) in [6, 6.07) is 0. The van der Waals surface area contributed by atoms with Gasteiger partial charge >= 0.3 is 5.97 Å². The molecule has 6 atom stereocenters. The number of aliphatic hydroxyl groups excluding tert-OH is 4. The maximum atomic E-state index is 12.8. The zero-order chi connectivity index (χ0) is 45.0. The molecule has 1 aliphatic heterocycles. The molecule has 0 aromatic heterocycles. The average molecular weight is 871 g/mol. The Labute approximate surface area is 378 Å². The van der Waals surface area contributed by atoms with E-state index in [4.69, 9.17) is 18.9 Å². The first-order chi connectivity index (χ1) is 30.4. The molecule has 0 saturated carbocycles. The molecule has 0 bridgehead atoms. The van der Waals surface area contributed by atoms with Crippen molar-refractivity contribution in [2.24, 2.45) is 0 Å². The van der Waals surface area contributed by atoms with Crippen molar-refractivity contribution in [3.8, 4) is 0 Å². The van der Waals surface area contributed by atoms with E-state index in [9.17, 15) is 25.2 Å². The molecule has 1 rings (SSSR count). The number of unbranched alkanes of at least 4 members (excludes halogenated alkanes) is 16. The summed E-state index contributed by atoms with van der Waals surface area (Å²) in [5.74, 6) is -0.330. The Morgan fingerprint density at radius 3 is 1.48 bits per heavy atom. The van der Waals surface area contributed by atoms with Crippen LogP contribution in [0.4, 0.5) is 0 Å². The summed E-state index contributed by atoms with van der Waals surface area (Å²) in [6.07, 6.45) is 51.8. The van der Waals surface area contributed by atoms with Gasteiger partial charge in [0.2, 0.25) is 0 Å². The topological polar surface area (TPSA) is 135 Å². The zero-order valence-corrected chi connectivity index (χ0v) is 39.1. The fourth-order valence-corrected chi connectivity index (χ4v) is 6.96. The second-order valence-electron chi connectivity index (χ2n) is 16.5. The van der Waals surface area contributed by atoms with Gasteiger partial charge in [0.15, 0.2) is 6.29 Å². The van der Waals surface area contributed by atoms with Gasteiger partial charge in [0.05, 0.1) is 19.8 Å². The third kappa shape index (κ3) is 33.9. The molecule has 4 N–H and O–H groups in total. The number of hydrogen-bond acceptors (Lipinski definition) is 9. The van der Waals surface area contributed by atoms with E-state index in [1.54, 1.807) is 0 Å². The van der Waals surface area contributed by atoms with Crippen LogP contribution in [0.5, 0.6) is 0 Å². The van der Waals surface area contributed by atoms with Gasteiger partial charge in [0.25, 0.3) is 0 Å². The van der Waals surface area contributed by atoms with Crippen molar-refractivity contribution in [3.05, 3.63) is 85.1 Å². The molecular formula is C53H90O9. The summed E-state index contributed by atoms with van der Waals surface area (Å²) in [7, 11) is 0. The van der Waals surface area contributed by atoms with E-state index < -0.39 is 43.4 Å². The molecule has 0 aromatic rings. The zero-order valence-electron chi connectivity index (χ0n) is 39.1. The summed E-state index contributed by atoms with van der Waals surface area (Å²) in [5, 5.41) is 40.2. The van der Waals surface area contributed by atoms with E-state index in [1.165, 1.54) is 64.2 Å². The molecule has 1 heterocycles. The van der Waals surface area contributed by atoms with E-state index in [2.05, 4.69) is 98.9 Å². The standard InChI is InChI=1S/C53H90O9/c1-3-5-7-9-11-13-15-17-19-21-22-23-24-25-27-29-31-33-35-37-39-41-43-59-45-47(46-60-53-52(58)51(57)50(56)48(44-54)62-53)61-49(55)42-40-38-36-34-32-30-28-26-20-18-16-14-12-10-8-6-4-2/h5,7,11-14,17-20,22-23,25,27,47-48,50-54,56-58H,3-4,6,8-10,15-16,21,24,26,28-46H2,1-2H3/b7-5-,13-11-,14-12-,19-17-,20-18-,23-22-,27-25-. The molecule has 0 spiro atoms. The Balaban J connectivity index is 2.25. The third-order valence-electron chi connectivity index (χ3n) is 10.8. The molecule has 1 fully saturated rings. The largest absolute Gasteiger partial charge is 0.457 e. The van der Waals surface area contributed by atoms with Gasteiger partial charge in [-0.2, -0.15) is 0 Å². The van der Waals surface area contributed by atoms with Crippen LogP contribution >= 0.6 is 0 Å². The van der Waals surface area contributed by atoms with Gasteiger partial charge in [-0.1, -0.05) is 170 Å². The Bertz CT molecular complexity index is 1220. The van der Waals surface area contributed by atoms with Gasteiger partial charge in [-0.25, -0.2) is 0 Å². The van der Waals surface area contributed by atoms with Crippen LogP contribution in [-0.2, 0) is 23.7 Å². The highest BCUT2D eigenvalue weighted by Crippen LogP contribution is 2.22. The van der Waals surface area contributed by atoms with Crippen LogP contribution in [0.3, 0.4) is 0 Å². The second-order valence-corrected chi connectivity index (χ2v) is 16.5. The van der Waals surface area contributed by atoms with E-state index in [1.807, 2.05) is 0 Å². The van der Waals surface area contributed by atoms with Crippen molar-refractivity contribution in [1.29, 1.82) is 0 Å². The number of allylic oxidation sites excluding steroid dienone is 14. The Kier molecular flexibility index (Phi) is 40.4. The van der Waals surface area contributed by atoms with Crippen molar-refractivity contribution in [2.75, 3.05) is 26.4 Å². The first-order valence-electron chi connectivity index (χ1n) is 24.7. The number of hydrogen-bond donors (Lipinski definition) is 4. The predicted molar refractivity (Wildman–Crippen MR) is 256 cm³/mol. The summed E-state index contributed by atoms with van der Waals surface area (Å²) < 4.78 is 22.9. The fourth-order valence-electron chi connectivity index (χ4n) is 6.96.